The number of hydrogen-bond donors (Lipinski definition) is 1. The van der Waals surface area contributed by atoms with Crippen molar-refractivity contribution in [2.24, 2.45) is 5.73 Å². The molecule has 0 atom stereocenters. The molecule has 3 aromatic rings. The minimum Gasteiger partial charge on any atom is -0.454 e. The molecule has 1 aliphatic heterocycles. The standard InChI is InChI=1S/C36H48N2O3/c1-4-7-10-11-28-12-18-31(19-13-28)35(39)38(36(26-37,22-8-5-2)23-9-6-3)25-29-14-16-30(17-15-29)32-20-21-33-34(24-32)41-27-40-33/h12-21,24H,4-11,22-23,25-27,37H2,1-3H3. The van der Waals surface area contributed by atoms with Crippen LogP contribution in [0.25, 0.3) is 11.1 Å². The molecule has 220 valence electrons. The quantitative estimate of drug-likeness (QED) is 0.180. The van der Waals surface area contributed by atoms with E-state index in [1.165, 1.54) is 24.8 Å². The number of aryl methyl sites for hydroxylation is 1. The predicted molar refractivity (Wildman–Crippen MR) is 168 cm³/mol. The number of nitrogens with two attached hydrogens (primary N) is 1. The maximum Gasteiger partial charge on any atom is 0.254 e. The maximum absolute atomic E-state index is 14.3. The van der Waals surface area contributed by atoms with E-state index in [9.17, 15) is 4.79 Å². The van der Waals surface area contributed by atoms with Gasteiger partial charge in [-0.05, 0) is 72.2 Å². The zero-order chi connectivity index (χ0) is 29.1. The second-order valence-corrected chi connectivity index (χ2v) is 11.4. The summed E-state index contributed by atoms with van der Waals surface area (Å²) in [5.41, 5.74) is 11.5. The number of nitrogens with zero attached hydrogens (tertiary/aromatic N) is 1. The van der Waals surface area contributed by atoms with E-state index in [2.05, 4.69) is 68.1 Å². The summed E-state index contributed by atoms with van der Waals surface area (Å²) >= 11 is 0. The van der Waals surface area contributed by atoms with Crippen LogP contribution in [0.15, 0.2) is 66.7 Å². The van der Waals surface area contributed by atoms with Gasteiger partial charge >= 0.3 is 0 Å². The molecule has 0 saturated heterocycles. The Labute approximate surface area is 247 Å². The molecule has 1 heterocycles. The van der Waals surface area contributed by atoms with Gasteiger partial charge in [-0.15, -0.1) is 0 Å². The van der Waals surface area contributed by atoms with Crippen molar-refractivity contribution in [3.8, 4) is 22.6 Å². The number of amides is 1. The summed E-state index contributed by atoms with van der Waals surface area (Å²) in [7, 11) is 0. The lowest BCUT2D eigenvalue weighted by Crippen LogP contribution is -2.56. The van der Waals surface area contributed by atoms with Crippen LogP contribution < -0.4 is 15.2 Å². The van der Waals surface area contributed by atoms with Gasteiger partial charge in [0.15, 0.2) is 11.5 Å². The first-order valence-corrected chi connectivity index (χ1v) is 15.6. The smallest absolute Gasteiger partial charge is 0.254 e. The van der Waals surface area contributed by atoms with Crippen LogP contribution in [0.1, 0.15) is 100 Å². The van der Waals surface area contributed by atoms with Crippen LogP contribution in [0, 0.1) is 0 Å². The maximum atomic E-state index is 14.3. The molecule has 0 bridgehead atoms. The number of ether oxygens (including phenoxy) is 2. The van der Waals surface area contributed by atoms with Crippen molar-refractivity contribution in [1.82, 2.24) is 4.90 Å². The molecule has 0 fully saturated rings. The number of carbonyl (C=O) groups excluding carboxylic acids is 1. The first-order valence-electron chi connectivity index (χ1n) is 15.6. The second-order valence-electron chi connectivity index (χ2n) is 11.4. The third-order valence-electron chi connectivity index (χ3n) is 8.46. The molecular formula is C36H48N2O3. The highest BCUT2D eigenvalue weighted by atomic mass is 16.7. The van der Waals surface area contributed by atoms with E-state index in [0.717, 1.165) is 78.7 Å². The van der Waals surface area contributed by atoms with Gasteiger partial charge in [-0.25, -0.2) is 0 Å². The van der Waals surface area contributed by atoms with Gasteiger partial charge in [-0.1, -0.05) is 102 Å². The minimum atomic E-state index is -0.376. The summed E-state index contributed by atoms with van der Waals surface area (Å²) in [4.78, 5) is 16.4. The summed E-state index contributed by atoms with van der Waals surface area (Å²) in [6.45, 7) is 7.90. The fourth-order valence-corrected chi connectivity index (χ4v) is 5.79. The third kappa shape index (κ3) is 7.71. The Balaban J connectivity index is 1.62. The molecule has 3 aromatic carbocycles. The third-order valence-corrected chi connectivity index (χ3v) is 8.46. The Bertz CT molecular complexity index is 1230. The summed E-state index contributed by atoms with van der Waals surface area (Å²) in [6.07, 6.45) is 10.7. The average molecular weight is 557 g/mol. The summed E-state index contributed by atoms with van der Waals surface area (Å²) in [6, 6.07) is 22.8. The summed E-state index contributed by atoms with van der Waals surface area (Å²) < 4.78 is 11.0. The lowest BCUT2D eigenvalue weighted by molar-refractivity contribution is 0.0382. The zero-order valence-electron chi connectivity index (χ0n) is 25.3. The largest absolute Gasteiger partial charge is 0.454 e. The number of carbonyl (C=O) groups is 1. The molecule has 41 heavy (non-hydrogen) atoms. The van der Waals surface area contributed by atoms with Crippen molar-refractivity contribution >= 4 is 5.91 Å². The van der Waals surface area contributed by atoms with E-state index in [1.54, 1.807) is 0 Å². The first-order chi connectivity index (χ1) is 20.0. The molecule has 0 spiro atoms. The van der Waals surface area contributed by atoms with E-state index >= 15 is 0 Å². The van der Waals surface area contributed by atoms with Crippen molar-refractivity contribution in [3.05, 3.63) is 83.4 Å². The second kappa shape index (κ2) is 15.1. The molecule has 1 amide bonds. The minimum absolute atomic E-state index is 0.0719. The number of fused-ring (bicyclic) bond motifs is 1. The van der Waals surface area contributed by atoms with Gasteiger partial charge in [0.1, 0.15) is 0 Å². The van der Waals surface area contributed by atoms with Gasteiger partial charge in [0.2, 0.25) is 6.79 Å². The highest BCUT2D eigenvalue weighted by Gasteiger charge is 2.38. The number of hydrogen-bond acceptors (Lipinski definition) is 4. The SMILES string of the molecule is CCCCCc1ccc(C(=O)N(Cc2ccc(-c3ccc4c(c3)OCO4)cc2)C(CN)(CCCC)CCCC)cc1. The molecule has 5 heteroatoms. The lowest BCUT2D eigenvalue weighted by atomic mass is 9.84. The molecule has 0 unspecified atom stereocenters. The fraction of sp³-hybridized carbons (Fsp3) is 0.472. The first kappa shape index (κ1) is 30.6. The van der Waals surface area contributed by atoms with Crippen molar-refractivity contribution in [2.75, 3.05) is 13.3 Å². The Hall–Kier alpha value is -3.31. The predicted octanol–water partition coefficient (Wildman–Crippen LogP) is 8.54. The number of benzene rings is 3. The zero-order valence-corrected chi connectivity index (χ0v) is 25.3. The highest BCUT2D eigenvalue weighted by Crippen LogP contribution is 2.36. The fourth-order valence-electron chi connectivity index (χ4n) is 5.79. The Morgan fingerprint density at radius 2 is 1.37 bits per heavy atom. The van der Waals surface area contributed by atoms with E-state index in [1.807, 2.05) is 24.3 Å². The number of rotatable bonds is 16. The molecule has 0 aromatic heterocycles. The van der Waals surface area contributed by atoms with Gasteiger partial charge < -0.3 is 20.1 Å². The van der Waals surface area contributed by atoms with Crippen molar-refractivity contribution < 1.29 is 14.3 Å². The molecule has 0 radical (unpaired) electrons. The Kier molecular flexibility index (Phi) is 11.3. The van der Waals surface area contributed by atoms with Crippen LogP contribution in [0.4, 0.5) is 0 Å². The van der Waals surface area contributed by atoms with Crippen molar-refractivity contribution in [3.63, 3.8) is 0 Å². The van der Waals surface area contributed by atoms with Crippen LogP contribution in [0.2, 0.25) is 0 Å². The van der Waals surface area contributed by atoms with Crippen molar-refractivity contribution in [1.29, 1.82) is 0 Å². The lowest BCUT2D eigenvalue weighted by Gasteiger charge is -2.44. The topological polar surface area (TPSA) is 64.8 Å². The monoisotopic (exact) mass is 556 g/mol. The van der Waals surface area contributed by atoms with E-state index < -0.39 is 0 Å². The van der Waals surface area contributed by atoms with E-state index in [0.29, 0.717) is 13.1 Å². The van der Waals surface area contributed by atoms with Crippen LogP contribution in [-0.4, -0.2) is 29.7 Å². The molecular weight excluding hydrogens is 508 g/mol. The van der Waals surface area contributed by atoms with Gasteiger partial charge in [0.05, 0.1) is 5.54 Å². The van der Waals surface area contributed by atoms with E-state index in [-0.39, 0.29) is 18.2 Å². The highest BCUT2D eigenvalue weighted by molar-refractivity contribution is 5.94. The molecule has 0 saturated carbocycles. The molecule has 5 nitrogen and oxygen atoms in total. The van der Waals surface area contributed by atoms with E-state index in [4.69, 9.17) is 15.2 Å². The molecule has 0 aliphatic carbocycles. The Morgan fingerprint density at radius 3 is 2.00 bits per heavy atom. The normalized spacial score (nSPS) is 12.5. The van der Waals surface area contributed by atoms with Crippen LogP contribution in [-0.2, 0) is 13.0 Å². The van der Waals surface area contributed by atoms with Crippen LogP contribution >= 0.6 is 0 Å². The van der Waals surface area contributed by atoms with Crippen LogP contribution in [0.5, 0.6) is 11.5 Å². The van der Waals surface area contributed by atoms with Gasteiger partial charge in [-0.2, -0.15) is 0 Å². The van der Waals surface area contributed by atoms with Gasteiger partial charge in [0.25, 0.3) is 5.91 Å². The number of unbranched alkanes of at least 4 members (excludes halogenated alkanes) is 4. The van der Waals surface area contributed by atoms with Crippen molar-refractivity contribution in [2.45, 2.75) is 97.1 Å². The van der Waals surface area contributed by atoms with Crippen LogP contribution in [0.3, 0.4) is 0 Å². The molecule has 4 rings (SSSR count). The molecule has 2 N–H and O–H groups in total. The Morgan fingerprint density at radius 1 is 0.756 bits per heavy atom. The average Bonchev–Trinajstić information content (AvgIpc) is 3.49. The van der Waals surface area contributed by atoms with Gasteiger partial charge in [-0.3, -0.25) is 4.79 Å². The summed E-state index contributed by atoms with van der Waals surface area (Å²) in [5.74, 6) is 1.63. The molecule has 1 aliphatic rings. The van der Waals surface area contributed by atoms with Gasteiger partial charge in [0, 0.05) is 18.7 Å². The summed E-state index contributed by atoms with van der Waals surface area (Å²) in [5, 5.41) is 0.